The topological polar surface area (TPSA) is 74.7 Å². The van der Waals surface area contributed by atoms with E-state index in [-0.39, 0.29) is 11.3 Å². The Bertz CT molecular complexity index is 702. The largest absolute Gasteiger partial charge is 0.481 e. The van der Waals surface area contributed by atoms with E-state index in [4.69, 9.17) is 0 Å². The molecule has 0 saturated carbocycles. The lowest BCUT2D eigenvalue weighted by Crippen LogP contribution is -2.30. The van der Waals surface area contributed by atoms with Gasteiger partial charge in [-0.25, -0.2) is 8.42 Å². The second-order valence-electron chi connectivity index (χ2n) is 7.45. The van der Waals surface area contributed by atoms with E-state index >= 15 is 0 Å². The summed E-state index contributed by atoms with van der Waals surface area (Å²) < 4.78 is 27.0. The molecule has 0 amide bonds. The summed E-state index contributed by atoms with van der Waals surface area (Å²) in [5, 5.41) is 9.21. The van der Waals surface area contributed by atoms with Crippen LogP contribution in [-0.2, 0) is 14.8 Å². The molecular weight excluding hydrogens is 362 g/mol. The number of unbranched alkanes of at least 4 members (excludes halogenated alkanes) is 9. The molecule has 1 aromatic carbocycles. The van der Waals surface area contributed by atoms with Crippen molar-refractivity contribution >= 4 is 16.0 Å². The summed E-state index contributed by atoms with van der Waals surface area (Å²) in [5.41, 5.74) is 0.618. The minimum atomic E-state index is -3.58. The van der Waals surface area contributed by atoms with Crippen LogP contribution >= 0.6 is 0 Å². The van der Waals surface area contributed by atoms with Crippen LogP contribution in [0.5, 0.6) is 0 Å². The highest BCUT2D eigenvalue weighted by Crippen LogP contribution is 2.41. The van der Waals surface area contributed by atoms with Crippen molar-refractivity contribution in [2.24, 2.45) is 0 Å². The fourth-order valence-corrected chi connectivity index (χ4v) is 5.75. The summed E-state index contributed by atoms with van der Waals surface area (Å²) in [4.78, 5) is 11.5. The van der Waals surface area contributed by atoms with E-state index < -0.39 is 22.0 Å². The number of sulfonamides is 1. The number of hydrogen-bond donors (Lipinski definition) is 1. The van der Waals surface area contributed by atoms with Crippen molar-refractivity contribution in [3.8, 4) is 0 Å². The SMILES string of the molecule is CCCCCCCCCCCCN1[C@@H](CC(=O)O)c2ccccc2S1(=O)=O. The van der Waals surface area contributed by atoms with Gasteiger partial charge < -0.3 is 5.11 Å². The second-order valence-corrected chi connectivity index (χ2v) is 9.31. The van der Waals surface area contributed by atoms with Crippen LogP contribution in [0, 0.1) is 0 Å². The van der Waals surface area contributed by atoms with Crippen LogP contribution in [0.25, 0.3) is 0 Å². The van der Waals surface area contributed by atoms with Crippen molar-refractivity contribution in [2.45, 2.75) is 88.5 Å². The van der Waals surface area contributed by atoms with Gasteiger partial charge in [0.15, 0.2) is 0 Å². The molecule has 1 aliphatic heterocycles. The van der Waals surface area contributed by atoms with Crippen molar-refractivity contribution in [1.82, 2.24) is 4.31 Å². The lowest BCUT2D eigenvalue weighted by Gasteiger charge is -2.22. The van der Waals surface area contributed by atoms with Crippen LogP contribution in [0.15, 0.2) is 29.2 Å². The van der Waals surface area contributed by atoms with Crippen LogP contribution in [0.4, 0.5) is 0 Å². The van der Waals surface area contributed by atoms with Gasteiger partial charge in [0.05, 0.1) is 17.4 Å². The van der Waals surface area contributed by atoms with E-state index in [9.17, 15) is 18.3 Å². The van der Waals surface area contributed by atoms with Gasteiger partial charge in [-0.3, -0.25) is 4.79 Å². The van der Waals surface area contributed by atoms with Gasteiger partial charge in [0.25, 0.3) is 0 Å². The third-order valence-corrected chi connectivity index (χ3v) is 7.29. The Balaban J connectivity index is 1.80. The van der Waals surface area contributed by atoms with Crippen LogP contribution < -0.4 is 0 Å². The van der Waals surface area contributed by atoms with Crippen molar-refractivity contribution in [1.29, 1.82) is 0 Å². The summed E-state index contributed by atoms with van der Waals surface area (Å²) in [7, 11) is -3.58. The molecule has 0 spiro atoms. The van der Waals surface area contributed by atoms with E-state index in [0.717, 1.165) is 19.3 Å². The highest BCUT2D eigenvalue weighted by Gasteiger charge is 2.42. The molecule has 0 unspecified atom stereocenters. The number of rotatable bonds is 13. The monoisotopic (exact) mass is 395 g/mol. The molecule has 0 bridgehead atoms. The number of aliphatic carboxylic acids is 1. The smallest absolute Gasteiger partial charge is 0.305 e. The third-order valence-electron chi connectivity index (χ3n) is 5.31. The van der Waals surface area contributed by atoms with Crippen molar-refractivity contribution in [3.05, 3.63) is 29.8 Å². The number of hydrogen-bond acceptors (Lipinski definition) is 3. The number of nitrogens with zero attached hydrogens (tertiary/aromatic N) is 1. The lowest BCUT2D eigenvalue weighted by molar-refractivity contribution is -0.138. The molecule has 0 saturated heterocycles. The van der Waals surface area contributed by atoms with Gasteiger partial charge in [0.2, 0.25) is 10.0 Å². The standard InChI is InChI=1S/C21H33NO4S/c1-2-3-4-5-6-7-8-9-10-13-16-22-19(17-21(23)24)18-14-11-12-15-20(18)27(22,25)26/h11-12,14-15,19H,2-10,13,16-17H2,1H3,(H,23,24)/t19-/m0/s1. The first-order chi connectivity index (χ1) is 13.0. The van der Waals surface area contributed by atoms with E-state index in [1.54, 1.807) is 24.3 Å². The minimum absolute atomic E-state index is 0.187. The number of benzene rings is 1. The fourth-order valence-electron chi connectivity index (χ4n) is 3.85. The summed E-state index contributed by atoms with van der Waals surface area (Å²) in [6.45, 7) is 2.62. The Hall–Kier alpha value is -1.40. The molecule has 1 aromatic rings. The average molecular weight is 396 g/mol. The Morgan fingerprint density at radius 3 is 2.11 bits per heavy atom. The Morgan fingerprint density at radius 1 is 0.963 bits per heavy atom. The minimum Gasteiger partial charge on any atom is -0.481 e. The fraction of sp³-hybridized carbons (Fsp3) is 0.667. The maximum Gasteiger partial charge on any atom is 0.305 e. The van der Waals surface area contributed by atoms with Crippen LogP contribution in [-0.4, -0.2) is 30.3 Å². The molecule has 152 valence electrons. The molecule has 1 aliphatic rings. The van der Waals surface area contributed by atoms with Crippen LogP contribution in [0.3, 0.4) is 0 Å². The summed E-state index contributed by atoms with van der Waals surface area (Å²) in [5.74, 6) is -0.972. The zero-order valence-corrected chi connectivity index (χ0v) is 17.2. The van der Waals surface area contributed by atoms with E-state index in [1.165, 1.54) is 49.3 Å². The first kappa shape index (κ1) is 21.9. The Morgan fingerprint density at radius 2 is 1.52 bits per heavy atom. The maximum absolute atomic E-state index is 12.8. The lowest BCUT2D eigenvalue weighted by atomic mass is 10.0. The summed E-state index contributed by atoms with van der Waals surface area (Å²) in [6.07, 6.45) is 11.6. The van der Waals surface area contributed by atoms with E-state index in [2.05, 4.69) is 6.92 Å². The van der Waals surface area contributed by atoms with E-state index in [0.29, 0.717) is 12.1 Å². The summed E-state index contributed by atoms with van der Waals surface area (Å²) >= 11 is 0. The molecule has 1 atom stereocenters. The second kappa shape index (κ2) is 10.8. The molecule has 27 heavy (non-hydrogen) atoms. The Kier molecular flexibility index (Phi) is 8.77. The number of carbonyl (C=O) groups is 1. The molecule has 0 aromatic heterocycles. The maximum atomic E-state index is 12.8. The van der Waals surface area contributed by atoms with Crippen molar-refractivity contribution in [3.63, 3.8) is 0 Å². The molecular formula is C21H33NO4S. The highest BCUT2D eigenvalue weighted by molar-refractivity contribution is 7.89. The summed E-state index contributed by atoms with van der Waals surface area (Å²) in [6, 6.07) is 6.20. The normalized spacial score (nSPS) is 18.5. The first-order valence-corrected chi connectivity index (χ1v) is 11.7. The molecule has 0 fully saturated rings. The van der Waals surface area contributed by atoms with Gasteiger partial charge in [0.1, 0.15) is 0 Å². The van der Waals surface area contributed by atoms with Crippen molar-refractivity contribution in [2.75, 3.05) is 6.54 Å². The Labute approximate surface area is 163 Å². The van der Waals surface area contributed by atoms with Crippen LogP contribution in [0.2, 0.25) is 0 Å². The quantitative estimate of drug-likeness (QED) is 0.470. The first-order valence-electron chi connectivity index (χ1n) is 10.3. The third kappa shape index (κ3) is 6.04. The molecule has 0 aliphatic carbocycles. The van der Waals surface area contributed by atoms with Gasteiger partial charge in [0, 0.05) is 6.54 Å². The van der Waals surface area contributed by atoms with Gasteiger partial charge in [-0.1, -0.05) is 82.9 Å². The van der Waals surface area contributed by atoms with Gasteiger partial charge in [-0.2, -0.15) is 4.31 Å². The van der Waals surface area contributed by atoms with E-state index in [1.807, 2.05) is 0 Å². The highest BCUT2D eigenvalue weighted by atomic mass is 32.2. The molecule has 5 nitrogen and oxygen atoms in total. The molecule has 1 heterocycles. The van der Waals surface area contributed by atoms with Gasteiger partial charge in [-0.05, 0) is 18.1 Å². The number of fused-ring (bicyclic) bond motifs is 1. The zero-order chi connectivity index (χ0) is 19.7. The number of carboxylic acids is 1. The molecule has 1 N–H and O–H groups in total. The number of carboxylic acid groups (broad SMARTS) is 1. The average Bonchev–Trinajstić information content (AvgIpc) is 2.84. The zero-order valence-electron chi connectivity index (χ0n) is 16.4. The van der Waals surface area contributed by atoms with Crippen molar-refractivity contribution < 1.29 is 18.3 Å². The molecule has 0 radical (unpaired) electrons. The van der Waals surface area contributed by atoms with Gasteiger partial charge >= 0.3 is 5.97 Å². The molecule has 2 rings (SSSR count). The van der Waals surface area contributed by atoms with Gasteiger partial charge in [-0.15, -0.1) is 0 Å². The van der Waals surface area contributed by atoms with Crippen LogP contribution in [0.1, 0.15) is 89.2 Å². The predicted molar refractivity (Wildman–Crippen MR) is 107 cm³/mol. The molecule has 6 heteroatoms. The predicted octanol–water partition coefficient (Wildman–Crippen LogP) is 5.13.